The molecule has 1 fully saturated rings. The second kappa shape index (κ2) is 6.80. The third-order valence-electron chi connectivity index (χ3n) is 2.71. The van der Waals surface area contributed by atoms with Gasteiger partial charge in [-0.3, -0.25) is 4.79 Å². The minimum absolute atomic E-state index is 0.140. The van der Waals surface area contributed by atoms with Crippen molar-refractivity contribution in [3.63, 3.8) is 0 Å². The van der Waals surface area contributed by atoms with Gasteiger partial charge in [0.25, 0.3) is 0 Å². The number of amides is 1. The van der Waals surface area contributed by atoms with Crippen molar-refractivity contribution < 1.29 is 9.53 Å². The zero-order valence-corrected chi connectivity index (χ0v) is 9.79. The Bertz CT molecular complexity index is 197. The Morgan fingerprint density at radius 3 is 3.07 bits per heavy atom. The van der Waals surface area contributed by atoms with Gasteiger partial charge < -0.3 is 15.0 Å². The number of carbonyl (C=O) groups excluding carboxylic acids is 1. The molecule has 1 N–H and O–H groups in total. The number of nitrogens with one attached hydrogen (secondary N) is 1. The SMILES string of the molecule is CCCOCC(=O)N1CCCC1CNC. The topological polar surface area (TPSA) is 41.6 Å². The summed E-state index contributed by atoms with van der Waals surface area (Å²) in [6, 6.07) is 0.368. The Kier molecular flexibility index (Phi) is 5.65. The van der Waals surface area contributed by atoms with Gasteiger partial charge >= 0.3 is 0 Å². The maximum atomic E-state index is 11.8. The first kappa shape index (κ1) is 12.5. The molecule has 0 saturated carbocycles. The lowest BCUT2D eigenvalue weighted by Crippen LogP contribution is -2.42. The van der Waals surface area contributed by atoms with E-state index >= 15 is 0 Å². The molecular formula is C11H22N2O2. The van der Waals surface area contributed by atoms with Crippen LogP contribution in [0.5, 0.6) is 0 Å². The van der Waals surface area contributed by atoms with E-state index in [-0.39, 0.29) is 12.5 Å². The molecule has 0 radical (unpaired) electrons. The Hall–Kier alpha value is -0.610. The lowest BCUT2D eigenvalue weighted by atomic mass is 10.2. The summed E-state index contributed by atoms with van der Waals surface area (Å²) in [4.78, 5) is 13.7. The first-order valence-electron chi connectivity index (χ1n) is 5.81. The van der Waals surface area contributed by atoms with E-state index in [9.17, 15) is 4.79 Å². The van der Waals surface area contributed by atoms with Crippen LogP contribution in [0.1, 0.15) is 26.2 Å². The molecule has 88 valence electrons. The van der Waals surface area contributed by atoms with Gasteiger partial charge in [-0.15, -0.1) is 0 Å². The third kappa shape index (κ3) is 3.80. The van der Waals surface area contributed by atoms with Gasteiger partial charge in [0.15, 0.2) is 0 Å². The normalized spacial score (nSPS) is 20.9. The molecule has 4 heteroatoms. The van der Waals surface area contributed by atoms with E-state index in [1.54, 1.807) is 0 Å². The third-order valence-corrected chi connectivity index (χ3v) is 2.71. The van der Waals surface area contributed by atoms with Gasteiger partial charge in [-0.2, -0.15) is 0 Å². The summed E-state index contributed by atoms with van der Waals surface area (Å²) in [7, 11) is 1.93. The molecule has 1 aliphatic rings. The van der Waals surface area contributed by atoms with Crippen LogP contribution in [-0.2, 0) is 9.53 Å². The molecule has 1 atom stereocenters. The lowest BCUT2D eigenvalue weighted by molar-refractivity contribution is -0.136. The molecule has 1 heterocycles. The Morgan fingerprint density at radius 1 is 1.60 bits per heavy atom. The highest BCUT2D eigenvalue weighted by Crippen LogP contribution is 2.16. The van der Waals surface area contributed by atoms with E-state index in [4.69, 9.17) is 4.74 Å². The summed E-state index contributed by atoms with van der Waals surface area (Å²) in [5.41, 5.74) is 0. The zero-order chi connectivity index (χ0) is 11.1. The van der Waals surface area contributed by atoms with Crippen LogP contribution in [0.25, 0.3) is 0 Å². The summed E-state index contributed by atoms with van der Waals surface area (Å²) in [6.45, 7) is 4.74. The average molecular weight is 214 g/mol. The van der Waals surface area contributed by atoms with Crippen LogP contribution in [0.2, 0.25) is 0 Å². The number of likely N-dealkylation sites (N-methyl/N-ethyl adjacent to an activating group) is 1. The van der Waals surface area contributed by atoms with Gasteiger partial charge in [-0.25, -0.2) is 0 Å². The number of carbonyl (C=O) groups is 1. The minimum Gasteiger partial charge on any atom is -0.372 e. The molecule has 1 saturated heterocycles. The van der Waals surface area contributed by atoms with Crippen LogP contribution in [-0.4, -0.2) is 50.2 Å². The molecule has 0 aliphatic carbocycles. The van der Waals surface area contributed by atoms with Crippen molar-refractivity contribution in [3.8, 4) is 0 Å². The quantitative estimate of drug-likeness (QED) is 0.659. The largest absolute Gasteiger partial charge is 0.372 e. The maximum Gasteiger partial charge on any atom is 0.248 e. The fourth-order valence-corrected chi connectivity index (χ4v) is 2.00. The molecule has 0 spiro atoms. The fraction of sp³-hybridized carbons (Fsp3) is 0.909. The van der Waals surface area contributed by atoms with Crippen LogP contribution < -0.4 is 5.32 Å². The van der Waals surface area contributed by atoms with Gasteiger partial charge in [0.2, 0.25) is 5.91 Å². The van der Waals surface area contributed by atoms with E-state index in [1.165, 1.54) is 0 Å². The number of rotatable bonds is 6. The summed E-state index contributed by atoms with van der Waals surface area (Å²) >= 11 is 0. The second-order valence-corrected chi connectivity index (χ2v) is 3.99. The Balaban J connectivity index is 2.30. The van der Waals surface area contributed by atoms with Gasteiger partial charge in [0.1, 0.15) is 6.61 Å². The van der Waals surface area contributed by atoms with Crippen molar-refractivity contribution in [1.29, 1.82) is 0 Å². The van der Waals surface area contributed by atoms with Crippen LogP contribution in [0.4, 0.5) is 0 Å². The van der Waals surface area contributed by atoms with Gasteiger partial charge in [-0.05, 0) is 26.3 Å². The molecule has 4 nitrogen and oxygen atoms in total. The lowest BCUT2D eigenvalue weighted by Gasteiger charge is -2.24. The van der Waals surface area contributed by atoms with E-state index in [0.717, 1.165) is 32.4 Å². The standard InChI is InChI=1S/C11H22N2O2/c1-3-7-15-9-11(14)13-6-4-5-10(13)8-12-2/h10,12H,3-9H2,1-2H3. The zero-order valence-electron chi connectivity index (χ0n) is 9.79. The minimum atomic E-state index is 0.140. The first-order chi connectivity index (χ1) is 7.29. The molecule has 0 bridgehead atoms. The first-order valence-corrected chi connectivity index (χ1v) is 5.81. The molecule has 1 aliphatic heterocycles. The van der Waals surface area contributed by atoms with Crippen molar-refractivity contribution in [1.82, 2.24) is 10.2 Å². The highest BCUT2D eigenvalue weighted by molar-refractivity contribution is 5.78. The predicted molar refractivity (Wildman–Crippen MR) is 59.8 cm³/mol. The summed E-state index contributed by atoms with van der Waals surface area (Å²) < 4.78 is 5.27. The van der Waals surface area contributed by atoms with Crippen molar-refractivity contribution in [2.45, 2.75) is 32.2 Å². The Morgan fingerprint density at radius 2 is 2.40 bits per heavy atom. The number of nitrogens with zero attached hydrogens (tertiary/aromatic N) is 1. The monoisotopic (exact) mass is 214 g/mol. The molecule has 0 aromatic rings. The number of likely N-dealkylation sites (tertiary alicyclic amines) is 1. The second-order valence-electron chi connectivity index (χ2n) is 3.99. The van der Waals surface area contributed by atoms with E-state index in [1.807, 2.05) is 18.9 Å². The summed E-state index contributed by atoms with van der Waals surface area (Å²) in [5, 5.41) is 3.13. The highest BCUT2D eigenvalue weighted by Gasteiger charge is 2.27. The predicted octanol–water partition coefficient (Wildman–Crippen LogP) is 0.623. The van der Waals surface area contributed by atoms with Crippen molar-refractivity contribution in [2.24, 2.45) is 0 Å². The van der Waals surface area contributed by atoms with Gasteiger partial charge in [0, 0.05) is 25.7 Å². The number of ether oxygens (including phenoxy) is 1. The summed E-state index contributed by atoms with van der Waals surface area (Å²) in [6.07, 6.45) is 3.19. The smallest absolute Gasteiger partial charge is 0.248 e. The molecular weight excluding hydrogens is 192 g/mol. The van der Waals surface area contributed by atoms with E-state index < -0.39 is 0 Å². The van der Waals surface area contributed by atoms with Crippen molar-refractivity contribution in [2.75, 3.05) is 33.4 Å². The molecule has 15 heavy (non-hydrogen) atoms. The molecule has 0 aromatic carbocycles. The Labute approximate surface area is 92.0 Å². The molecule has 0 aromatic heterocycles. The molecule has 1 unspecified atom stereocenters. The number of hydrogen-bond acceptors (Lipinski definition) is 3. The van der Waals surface area contributed by atoms with E-state index in [0.29, 0.717) is 12.6 Å². The van der Waals surface area contributed by atoms with E-state index in [2.05, 4.69) is 5.32 Å². The number of hydrogen-bond donors (Lipinski definition) is 1. The highest BCUT2D eigenvalue weighted by atomic mass is 16.5. The van der Waals surface area contributed by atoms with Crippen LogP contribution in [0.3, 0.4) is 0 Å². The van der Waals surface area contributed by atoms with Crippen LogP contribution >= 0.6 is 0 Å². The van der Waals surface area contributed by atoms with Crippen LogP contribution in [0, 0.1) is 0 Å². The average Bonchev–Trinajstić information content (AvgIpc) is 2.67. The van der Waals surface area contributed by atoms with Crippen molar-refractivity contribution in [3.05, 3.63) is 0 Å². The van der Waals surface area contributed by atoms with Crippen LogP contribution in [0.15, 0.2) is 0 Å². The summed E-state index contributed by atoms with van der Waals surface area (Å²) in [5.74, 6) is 0.140. The molecule has 1 rings (SSSR count). The maximum absolute atomic E-state index is 11.8. The van der Waals surface area contributed by atoms with Gasteiger partial charge in [-0.1, -0.05) is 6.92 Å². The van der Waals surface area contributed by atoms with Crippen molar-refractivity contribution >= 4 is 5.91 Å². The van der Waals surface area contributed by atoms with Gasteiger partial charge in [0.05, 0.1) is 0 Å². The molecule has 1 amide bonds. The fourth-order valence-electron chi connectivity index (χ4n) is 2.00.